The highest BCUT2D eigenvalue weighted by Gasteiger charge is 2.45. The second kappa shape index (κ2) is 4.33. The molecular formula is C15H29N. The molecule has 6 atom stereocenters. The van der Waals surface area contributed by atoms with E-state index in [-0.39, 0.29) is 0 Å². The van der Waals surface area contributed by atoms with Gasteiger partial charge in [-0.15, -0.1) is 0 Å². The third kappa shape index (κ3) is 1.72. The summed E-state index contributed by atoms with van der Waals surface area (Å²) < 4.78 is 0. The second-order valence-corrected chi connectivity index (χ2v) is 6.78. The van der Waals surface area contributed by atoms with Gasteiger partial charge in [-0.1, -0.05) is 34.6 Å². The van der Waals surface area contributed by atoms with Gasteiger partial charge in [-0.3, -0.25) is 0 Å². The Morgan fingerprint density at radius 3 is 1.56 bits per heavy atom. The lowest BCUT2D eigenvalue weighted by Gasteiger charge is -2.51. The summed E-state index contributed by atoms with van der Waals surface area (Å²) in [6.07, 6.45) is 2.79. The molecule has 2 saturated carbocycles. The predicted octanol–water partition coefficient (Wildman–Crippen LogP) is 3.53. The van der Waals surface area contributed by atoms with Crippen LogP contribution in [0.1, 0.15) is 47.5 Å². The quantitative estimate of drug-likeness (QED) is 0.778. The maximum Gasteiger partial charge on any atom is 0.00983 e. The molecule has 94 valence electrons. The van der Waals surface area contributed by atoms with Gasteiger partial charge in [0.2, 0.25) is 0 Å². The van der Waals surface area contributed by atoms with Crippen molar-refractivity contribution in [2.24, 2.45) is 47.2 Å². The van der Waals surface area contributed by atoms with Crippen LogP contribution in [0.5, 0.6) is 0 Å². The number of hydrogen-bond donors (Lipinski definition) is 1. The van der Waals surface area contributed by atoms with Gasteiger partial charge < -0.3 is 5.73 Å². The highest BCUT2D eigenvalue weighted by atomic mass is 14.7. The molecule has 0 aromatic carbocycles. The predicted molar refractivity (Wildman–Crippen MR) is 70.0 cm³/mol. The molecule has 0 aromatic rings. The summed E-state index contributed by atoms with van der Waals surface area (Å²) in [6.45, 7) is 12.0. The molecule has 2 N–H and O–H groups in total. The average Bonchev–Trinajstić information content (AvgIpc) is 2.32. The molecule has 2 rings (SSSR count). The fourth-order valence-corrected chi connectivity index (χ4v) is 4.29. The third-order valence-corrected chi connectivity index (χ3v) is 6.45. The van der Waals surface area contributed by atoms with Crippen molar-refractivity contribution in [2.45, 2.75) is 53.5 Å². The fourth-order valence-electron chi connectivity index (χ4n) is 4.29. The maximum atomic E-state index is 6.20. The largest absolute Gasteiger partial charge is 0.327 e. The molecule has 0 spiro atoms. The van der Waals surface area contributed by atoms with E-state index in [9.17, 15) is 0 Å². The van der Waals surface area contributed by atoms with Crippen molar-refractivity contribution in [3.8, 4) is 0 Å². The summed E-state index contributed by atoms with van der Waals surface area (Å²) in [7, 11) is 0. The van der Waals surface area contributed by atoms with E-state index in [0.717, 1.165) is 41.4 Å². The molecule has 0 aromatic heterocycles. The van der Waals surface area contributed by atoms with E-state index in [4.69, 9.17) is 5.73 Å². The summed E-state index contributed by atoms with van der Waals surface area (Å²) >= 11 is 0. The topological polar surface area (TPSA) is 26.0 Å². The summed E-state index contributed by atoms with van der Waals surface area (Å²) in [5.41, 5.74) is 6.20. The summed E-state index contributed by atoms with van der Waals surface area (Å²) in [5, 5.41) is 0. The molecule has 1 nitrogen and oxygen atoms in total. The molecule has 16 heavy (non-hydrogen) atoms. The minimum atomic E-state index is 0.484. The van der Waals surface area contributed by atoms with Crippen LogP contribution in [0.3, 0.4) is 0 Å². The van der Waals surface area contributed by atoms with E-state index >= 15 is 0 Å². The van der Waals surface area contributed by atoms with Gasteiger partial charge in [-0.2, -0.15) is 0 Å². The molecule has 0 saturated heterocycles. The SMILES string of the molecule is CC1C(C)C(CCC2C(C)C(C)C2N)C1C. The van der Waals surface area contributed by atoms with Crippen molar-refractivity contribution in [2.75, 3.05) is 0 Å². The first-order chi connectivity index (χ1) is 7.45. The van der Waals surface area contributed by atoms with Crippen LogP contribution in [-0.2, 0) is 0 Å². The molecule has 0 amide bonds. The van der Waals surface area contributed by atoms with Gasteiger partial charge in [0.15, 0.2) is 0 Å². The standard InChI is InChI=1S/C15H29N/c1-8-9(2)13(10(8)3)6-7-14-11(4)12(5)15(14)16/h8-15H,6-7,16H2,1-5H3. The highest BCUT2D eigenvalue weighted by molar-refractivity contribution is 4.97. The lowest BCUT2D eigenvalue weighted by molar-refractivity contribution is -0.0132. The smallest absolute Gasteiger partial charge is 0.00983 e. The molecule has 6 unspecified atom stereocenters. The van der Waals surface area contributed by atoms with Gasteiger partial charge in [0.1, 0.15) is 0 Å². The normalized spacial score (nSPS) is 56.6. The Balaban J connectivity index is 1.77. The summed E-state index contributed by atoms with van der Waals surface area (Å²) in [6, 6.07) is 0.484. The van der Waals surface area contributed by atoms with Crippen molar-refractivity contribution >= 4 is 0 Å². The zero-order valence-electron chi connectivity index (χ0n) is 11.6. The second-order valence-electron chi connectivity index (χ2n) is 6.78. The molecule has 1 heteroatoms. The average molecular weight is 223 g/mol. The maximum absolute atomic E-state index is 6.20. The first-order valence-electron chi connectivity index (χ1n) is 7.20. The van der Waals surface area contributed by atoms with Crippen molar-refractivity contribution in [3.63, 3.8) is 0 Å². The van der Waals surface area contributed by atoms with E-state index in [1.54, 1.807) is 0 Å². The highest BCUT2D eigenvalue weighted by Crippen LogP contribution is 2.50. The van der Waals surface area contributed by atoms with Crippen LogP contribution in [0.25, 0.3) is 0 Å². The van der Waals surface area contributed by atoms with Gasteiger partial charge in [0.05, 0.1) is 0 Å². The lowest BCUT2D eigenvalue weighted by Crippen LogP contribution is -2.54. The molecule has 0 heterocycles. The van der Waals surface area contributed by atoms with Crippen LogP contribution >= 0.6 is 0 Å². The van der Waals surface area contributed by atoms with Gasteiger partial charge in [0, 0.05) is 6.04 Å². The lowest BCUT2D eigenvalue weighted by atomic mass is 9.55. The monoisotopic (exact) mass is 223 g/mol. The van der Waals surface area contributed by atoms with Crippen LogP contribution in [-0.4, -0.2) is 6.04 Å². The van der Waals surface area contributed by atoms with Crippen LogP contribution in [0.4, 0.5) is 0 Å². The zero-order valence-corrected chi connectivity index (χ0v) is 11.6. The molecular weight excluding hydrogens is 194 g/mol. The van der Waals surface area contributed by atoms with E-state index in [1.807, 2.05) is 0 Å². The van der Waals surface area contributed by atoms with Crippen molar-refractivity contribution in [1.82, 2.24) is 0 Å². The summed E-state index contributed by atoms with van der Waals surface area (Å²) in [4.78, 5) is 0. The molecule has 0 radical (unpaired) electrons. The number of hydrogen-bond acceptors (Lipinski definition) is 1. The van der Waals surface area contributed by atoms with Crippen molar-refractivity contribution < 1.29 is 0 Å². The Hall–Kier alpha value is -0.0400. The minimum absolute atomic E-state index is 0.484. The summed E-state index contributed by atoms with van der Waals surface area (Å²) in [5.74, 6) is 6.23. The number of nitrogens with two attached hydrogens (primary N) is 1. The van der Waals surface area contributed by atoms with Gasteiger partial charge in [-0.25, -0.2) is 0 Å². The van der Waals surface area contributed by atoms with Gasteiger partial charge in [0.25, 0.3) is 0 Å². The van der Waals surface area contributed by atoms with Crippen LogP contribution in [0.2, 0.25) is 0 Å². The Bertz CT molecular complexity index is 204. The Labute approximate surface area is 101 Å². The minimum Gasteiger partial charge on any atom is -0.327 e. The van der Waals surface area contributed by atoms with Crippen LogP contribution < -0.4 is 5.73 Å². The Kier molecular flexibility index (Phi) is 3.36. The molecule has 0 bridgehead atoms. The van der Waals surface area contributed by atoms with Gasteiger partial charge in [-0.05, 0) is 54.3 Å². The van der Waals surface area contributed by atoms with Gasteiger partial charge >= 0.3 is 0 Å². The van der Waals surface area contributed by atoms with Crippen LogP contribution in [0, 0.1) is 41.4 Å². The first-order valence-corrected chi connectivity index (χ1v) is 7.20. The van der Waals surface area contributed by atoms with E-state index < -0.39 is 0 Å². The number of rotatable bonds is 3. The Morgan fingerprint density at radius 2 is 1.06 bits per heavy atom. The molecule has 0 aliphatic heterocycles. The van der Waals surface area contributed by atoms with E-state index in [1.165, 1.54) is 12.8 Å². The zero-order chi connectivity index (χ0) is 12.0. The third-order valence-electron chi connectivity index (χ3n) is 6.45. The first kappa shape index (κ1) is 12.4. The fraction of sp³-hybridized carbons (Fsp3) is 1.00. The molecule has 2 fully saturated rings. The molecule has 2 aliphatic rings. The van der Waals surface area contributed by atoms with Crippen LogP contribution in [0.15, 0.2) is 0 Å². The van der Waals surface area contributed by atoms with Crippen molar-refractivity contribution in [3.05, 3.63) is 0 Å². The van der Waals surface area contributed by atoms with E-state index in [2.05, 4.69) is 34.6 Å². The Morgan fingerprint density at radius 1 is 0.625 bits per heavy atom. The van der Waals surface area contributed by atoms with E-state index in [0.29, 0.717) is 6.04 Å². The molecule has 2 aliphatic carbocycles. The van der Waals surface area contributed by atoms with Crippen molar-refractivity contribution in [1.29, 1.82) is 0 Å².